The van der Waals surface area contributed by atoms with Gasteiger partial charge in [-0.25, -0.2) is 0 Å². The summed E-state index contributed by atoms with van der Waals surface area (Å²) in [5, 5.41) is 0. The van der Waals surface area contributed by atoms with E-state index in [-0.39, 0.29) is 11.9 Å². The molecule has 0 spiro atoms. The molecule has 1 atom stereocenters. The average Bonchev–Trinajstić information content (AvgIpc) is 2.37. The summed E-state index contributed by atoms with van der Waals surface area (Å²) in [6.45, 7) is 3.70. The molecule has 18 heavy (non-hydrogen) atoms. The van der Waals surface area contributed by atoms with Gasteiger partial charge in [0, 0.05) is 25.6 Å². The lowest BCUT2D eigenvalue weighted by Crippen LogP contribution is -2.45. The molecule has 3 nitrogen and oxygen atoms in total. The van der Waals surface area contributed by atoms with Gasteiger partial charge in [0.15, 0.2) is 0 Å². The van der Waals surface area contributed by atoms with E-state index in [1.54, 1.807) is 0 Å². The highest BCUT2D eigenvalue weighted by atomic mass is 16.2. The zero-order chi connectivity index (χ0) is 13.0. The maximum absolute atomic E-state index is 12.1. The standard InChI is InChI=1S/C15H22N2O/c1-12-5-2-3-6-13(12)8-9-15(18)17-10-4-7-14(16)11-17/h2-3,5-6,14H,4,7-11,16H2,1H3/t14-/m1/s1. The van der Waals surface area contributed by atoms with Gasteiger partial charge in [-0.05, 0) is 37.3 Å². The number of hydrogen-bond donors (Lipinski definition) is 1. The summed E-state index contributed by atoms with van der Waals surface area (Å²) in [7, 11) is 0. The molecule has 0 aliphatic carbocycles. The fourth-order valence-corrected chi connectivity index (χ4v) is 2.53. The first-order valence-electron chi connectivity index (χ1n) is 6.74. The van der Waals surface area contributed by atoms with Gasteiger partial charge >= 0.3 is 0 Å². The molecule has 1 aliphatic rings. The fourth-order valence-electron chi connectivity index (χ4n) is 2.53. The predicted molar refractivity (Wildman–Crippen MR) is 73.3 cm³/mol. The van der Waals surface area contributed by atoms with Crippen molar-refractivity contribution < 1.29 is 4.79 Å². The number of nitrogens with two attached hydrogens (primary N) is 1. The van der Waals surface area contributed by atoms with Gasteiger partial charge in [0.05, 0.1) is 0 Å². The van der Waals surface area contributed by atoms with Crippen LogP contribution in [0.1, 0.15) is 30.4 Å². The number of aryl methyl sites for hydroxylation is 2. The van der Waals surface area contributed by atoms with E-state index < -0.39 is 0 Å². The molecule has 98 valence electrons. The second-order valence-electron chi connectivity index (χ2n) is 5.17. The molecule has 1 aliphatic heterocycles. The number of benzene rings is 1. The van der Waals surface area contributed by atoms with Gasteiger partial charge < -0.3 is 10.6 Å². The monoisotopic (exact) mass is 246 g/mol. The van der Waals surface area contributed by atoms with Crippen molar-refractivity contribution in [3.63, 3.8) is 0 Å². The number of amides is 1. The van der Waals surface area contributed by atoms with E-state index in [9.17, 15) is 4.79 Å². The van der Waals surface area contributed by atoms with Crippen LogP contribution >= 0.6 is 0 Å². The molecular formula is C15H22N2O. The summed E-state index contributed by atoms with van der Waals surface area (Å²) >= 11 is 0. The highest BCUT2D eigenvalue weighted by molar-refractivity contribution is 5.76. The van der Waals surface area contributed by atoms with Gasteiger partial charge in [-0.2, -0.15) is 0 Å². The predicted octanol–water partition coefficient (Wildman–Crippen LogP) is 1.88. The highest BCUT2D eigenvalue weighted by Gasteiger charge is 2.20. The molecule has 1 amide bonds. The first-order valence-corrected chi connectivity index (χ1v) is 6.74. The van der Waals surface area contributed by atoms with Crippen LogP contribution in [-0.2, 0) is 11.2 Å². The van der Waals surface area contributed by atoms with Gasteiger partial charge in [0.1, 0.15) is 0 Å². The third-order valence-electron chi connectivity index (χ3n) is 3.68. The number of carbonyl (C=O) groups is 1. The minimum atomic E-state index is 0.168. The third-order valence-corrected chi connectivity index (χ3v) is 3.68. The van der Waals surface area contributed by atoms with E-state index in [0.29, 0.717) is 6.42 Å². The normalized spacial score (nSPS) is 19.9. The number of piperidine rings is 1. The first kappa shape index (κ1) is 13.1. The Bertz CT molecular complexity index is 417. The van der Waals surface area contributed by atoms with Gasteiger partial charge in [-0.15, -0.1) is 0 Å². The Morgan fingerprint density at radius 2 is 2.22 bits per heavy atom. The second-order valence-corrected chi connectivity index (χ2v) is 5.17. The summed E-state index contributed by atoms with van der Waals surface area (Å²) < 4.78 is 0. The molecule has 1 fully saturated rings. The van der Waals surface area contributed by atoms with Crippen LogP contribution in [-0.4, -0.2) is 29.9 Å². The maximum Gasteiger partial charge on any atom is 0.222 e. The van der Waals surface area contributed by atoms with E-state index in [0.717, 1.165) is 32.4 Å². The lowest BCUT2D eigenvalue weighted by Gasteiger charge is -2.30. The number of rotatable bonds is 3. The molecule has 1 saturated heterocycles. The minimum absolute atomic E-state index is 0.168. The molecule has 0 unspecified atom stereocenters. The molecule has 0 aromatic heterocycles. The molecule has 3 heteroatoms. The van der Waals surface area contributed by atoms with Gasteiger partial charge in [-0.1, -0.05) is 24.3 Å². The molecule has 1 heterocycles. The summed E-state index contributed by atoms with van der Waals surface area (Å²) in [5.74, 6) is 0.244. The van der Waals surface area contributed by atoms with Gasteiger partial charge in [0.25, 0.3) is 0 Å². The molecule has 2 N–H and O–H groups in total. The number of carbonyl (C=O) groups excluding carboxylic acids is 1. The SMILES string of the molecule is Cc1ccccc1CCC(=O)N1CCC[C@@H](N)C1. The van der Waals surface area contributed by atoms with Crippen molar-refractivity contribution in [2.24, 2.45) is 5.73 Å². The van der Waals surface area contributed by atoms with E-state index in [2.05, 4.69) is 19.1 Å². The molecular weight excluding hydrogens is 224 g/mol. The summed E-state index contributed by atoms with van der Waals surface area (Å²) in [6.07, 6.45) is 3.51. The van der Waals surface area contributed by atoms with Gasteiger partial charge in [-0.3, -0.25) is 4.79 Å². The van der Waals surface area contributed by atoms with Crippen LogP contribution in [0.4, 0.5) is 0 Å². The number of hydrogen-bond acceptors (Lipinski definition) is 2. The quantitative estimate of drug-likeness (QED) is 0.885. The van der Waals surface area contributed by atoms with Crippen LogP contribution in [0.3, 0.4) is 0 Å². The molecule has 0 radical (unpaired) electrons. The van der Waals surface area contributed by atoms with Crippen molar-refractivity contribution in [1.29, 1.82) is 0 Å². The Labute approximate surface area is 109 Å². The van der Waals surface area contributed by atoms with Crippen molar-refractivity contribution in [2.75, 3.05) is 13.1 Å². The maximum atomic E-state index is 12.1. The van der Waals surface area contributed by atoms with E-state index in [1.165, 1.54) is 11.1 Å². The van der Waals surface area contributed by atoms with Gasteiger partial charge in [0.2, 0.25) is 5.91 Å². The Hall–Kier alpha value is -1.35. The first-order chi connectivity index (χ1) is 8.66. The smallest absolute Gasteiger partial charge is 0.222 e. The lowest BCUT2D eigenvalue weighted by molar-refractivity contribution is -0.132. The molecule has 1 aromatic carbocycles. The van der Waals surface area contributed by atoms with Crippen LogP contribution in [0, 0.1) is 6.92 Å². The minimum Gasteiger partial charge on any atom is -0.341 e. The van der Waals surface area contributed by atoms with Crippen LogP contribution in [0.2, 0.25) is 0 Å². The summed E-state index contributed by atoms with van der Waals surface area (Å²) in [5.41, 5.74) is 8.44. The van der Waals surface area contributed by atoms with Crippen molar-refractivity contribution in [3.05, 3.63) is 35.4 Å². The van der Waals surface area contributed by atoms with E-state index in [4.69, 9.17) is 5.73 Å². The molecule has 1 aromatic rings. The topological polar surface area (TPSA) is 46.3 Å². The molecule has 2 rings (SSSR count). The Morgan fingerprint density at radius 1 is 1.44 bits per heavy atom. The van der Waals surface area contributed by atoms with E-state index in [1.807, 2.05) is 17.0 Å². The zero-order valence-electron chi connectivity index (χ0n) is 11.1. The molecule has 0 saturated carbocycles. The number of likely N-dealkylation sites (tertiary alicyclic amines) is 1. The third kappa shape index (κ3) is 3.33. The number of nitrogens with zero attached hydrogens (tertiary/aromatic N) is 1. The van der Waals surface area contributed by atoms with Crippen LogP contribution in [0.25, 0.3) is 0 Å². The largest absolute Gasteiger partial charge is 0.341 e. The summed E-state index contributed by atoms with van der Waals surface area (Å²) in [6, 6.07) is 8.43. The summed E-state index contributed by atoms with van der Waals surface area (Å²) in [4.78, 5) is 14.0. The van der Waals surface area contributed by atoms with Crippen molar-refractivity contribution >= 4 is 5.91 Å². The Kier molecular flexibility index (Phi) is 4.37. The van der Waals surface area contributed by atoms with E-state index >= 15 is 0 Å². The second kappa shape index (κ2) is 6.01. The fraction of sp³-hybridized carbons (Fsp3) is 0.533. The molecule has 0 bridgehead atoms. The van der Waals surface area contributed by atoms with Crippen molar-refractivity contribution in [2.45, 2.75) is 38.6 Å². The Balaban J connectivity index is 1.86. The van der Waals surface area contributed by atoms with Crippen LogP contribution in [0.15, 0.2) is 24.3 Å². The lowest BCUT2D eigenvalue weighted by atomic mass is 10.0. The highest BCUT2D eigenvalue weighted by Crippen LogP contribution is 2.13. The Morgan fingerprint density at radius 3 is 2.94 bits per heavy atom. The zero-order valence-corrected chi connectivity index (χ0v) is 11.1. The average molecular weight is 246 g/mol. The van der Waals surface area contributed by atoms with Crippen molar-refractivity contribution in [3.8, 4) is 0 Å². The van der Waals surface area contributed by atoms with Crippen LogP contribution in [0.5, 0.6) is 0 Å². The van der Waals surface area contributed by atoms with Crippen LogP contribution < -0.4 is 5.73 Å². The van der Waals surface area contributed by atoms with Crippen molar-refractivity contribution in [1.82, 2.24) is 4.90 Å².